The van der Waals surface area contributed by atoms with Crippen LogP contribution in [0.5, 0.6) is 11.5 Å². The molecule has 0 saturated heterocycles. The lowest BCUT2D eigenvalue weighted by Gasteiger charge is -2.07. The van der Waals surface area contributed by atoms with E-state index in [1.807, 2.05) is 37.3 Å². The first-order valence-corrected chi connectivity index (χ1v) is 10.6. The van der Waals surface area contributed by atoms with Gasteiger partial charge < -0.3 is 19.0 Å². The molecule has 0 saturated carbocycles. The third kappa shape index (κ3) is 3.43. The van der Waals surface area contributed by atoms with Crippen molar-refractivity contribution in [3.63, 3.8) is 0 Å². The van der Waals surface area contributed by atoms with Crippen LogP contribution in [-0.4, -0.2) is 26.5 Å². The largest absolute Gasteiger partial charge is 0.454 e. The van der Waals surface area contributed by atoms with Crippen molar-refractivity contribution in [1.82, 2.24) is 19.7 Å². The van der Waals surface area contributed by atoms with E-state index in [0.29, 0.717) is 39.4 Å². The van der Waals surface area contributed by atoms with Crippen LogP contribution in [0, 0.1) is 6.92 Å². The van der Waals surface area contributed by atoms with Crippen molar-refractivity contribution in [1.29, 1.82) is 0 Å². The highest BCUT2D eigenvalue weighted by atomic mass is 16.7. The fraction of sp³-hybridized carbons (Fsp3) is 0.120. The highest BCUT2D eigenvalue weighted by molar-refractivity contribution is 5.82. The van der Waals surface area contributed by atoms with Crippen LogP contribution in [0.25, 0.3) is 33.7 Å². The van der Waals surface area contributed by atoms with Gasteiger partial charge in [0.05, 0.1) is 17.4 Å². The van der Waals surface area contributed by atoms with Gasteiger partial charge in [-0.2, -0.15) is 4.98 Å². The minimum Gasteiger partial charge on any atom is -0.454 e. The summed E-state index contributed by atoms with van der Waals surface area (Å²) in [5.41, 5.74) is 2.83. The molecular weight excluding hydrogens is 436 g/mol. The van der Waals surface area contributed by atoms with E-state index in [4.69, 9.17) is 14.0 Å². The Kier molecular flexibility index (Phi) is 4.54. The summed E-state index contributed by atoms with van der Waals surface area (Å²) in [5, 5.41) is 4.44. The molecule has 1 aliphatic heterocycles. The van der Waals surface area contributed by atoms with Gasteiger partial charge in [-0.25, -0.2) is 4.79 Å². The maximum atomic E-state index is 13.0. The van der Waals surface area contributed by atoms with Gasteiger partial charge in [0.2, 0.25) is 12.6 Å². The van der Waals surface area contributed by atoms with E-state index in [2.05, 4.69) is 15.1 Å². The summed E-state index contributed by atoms with van der Waals surface area (Å²) in [6.45, 7) is 2.35. The molecule has 0 spiro atoms. The first-order valence-electron chi connectivity index (χ1n) is 10.6. The van der Waals surface area contributed by atoms with E-state index in [0.717, 1.165) is 11.1 Å². The molecule has 168 valence electrons. The van der Waals surface area contributed by atoms with Gasteiger partial charge in [0.1, 0.15) is 0 Å². The normalized spacial score (nSPS) is 12.4. The summed E-state index contributed by atoms with van der Waals surface area (Å²) < 4.78 is 17.4. The Bertz CT molecular complexity index is 1660. The van der Waals surface area contributed by atoms with Crippen molar-refractivity contribution in [3.05, 3.63) is 92.6 Å². The third-order valence-corrected chi connectivity index (χ3v) is 5.75. The van der Waals surface area contributed by atoms with Gasteiger partial charge >= 0.3 is 5.69 Å². The van der Waals surface area contributed by atoms with Crippen LogP contribution in [0.2, 0.25) is 0 Å². The van der Waals surface area contributed by atoms with Crippen LogP contribution in [-0.2, 0) is 6.54 Å². The summed E-state index contributed by atoms with van der Waals surface area (Å²) >= 11 is 0. The minimum atomic E-state index is -0.484. The van der Waals surface area contributed by atoms with Crippen LogP contribution < -0.4 is 20.7 Å². The number of hydrogen-bond acceptors (Lipinski definition) is 7. The van der Waals surface area contributed by atoms with Crippen molar-refractivity contribution < 1.29 is 14.0 Å². The van der Waals surface area contributed by atoms with E-state index in [-0.39, 0.29) is 24.8 Å². The minimum absolute atomic E-state index is 0.179. The molecule has 9 heteroatoms. The van der Waals surface area contributed by atoms with Crippen molar-refractivity contribution in [2.45, 2.75) is 13.5 Å². The average molecular weight is 454 g/mol. The van der Waals surface area contributed by atoms with Gasteiger partial charge in [-0.15, -0.1) is 0 Å². The van der Waals surface area contributed by atoms with E-state index in [9.17, 15) is 9.59 Å². The van der Waals surface area contributed by atoms with Crippen molar-refractivity contribution in [3.8, 4) is 34.3 Å². The van der Waals surface area contributed by atoms with Gasteiger partial charge in [-0.1, -0.05) is 35.0 Å². The molecule has 0 unspecified atom stereocenters. The zero-order valence-corrected chi connectivity index (χ0v) is 18.1. The van der Waals surface area contributed by atoms with Crippen LogP contribution in [0.15, 0.2) is 74.8 Å². The molecule has 0 bridgehead atoms. The zero-order chi connectivity index (χ0) is 23.2. The van der Waals surface area contributed by atoms with Crippen molar-refractivity contribution >= 4 is 10.9 Å². The monoisotopic (exact) mass is 454 g/mol. The topological polar surface area (TPSA) is 112 Å². The molecule has 0 atom stereocenters. The Morgan fingerprint density at radius 2 is 1.74 bits per heavy atom. The highest BCUT2D eigenvalue weighted by Crippen LogP contribution is 2.35. The number of aromatic amines is 1. The van der Waals surface area contributed by atoms with E-state index < -0.39 is 5.69 Å². The maximum absolute atomic E-state index is 13.0. The number of benzene rings is 3. The summed E-state index contributed by atoms with van der Waals surface area (Å²) in [6, 6.07) is 18.1. The number of H-pyrrole nitrogens is 1. The number of aromatic nitrogens is 4. The molecule has 0 amide bonds. The summed E-state index contributed by atoms with van der Waals surface area (Å²) in [5.74, 6) is 1.93. The first-order chi connectivity index (χ1) is 16.5. The highest BCUT2D eigenvalue weighted by Gasteiger charge is 2.18. The Morgan fingerprint density at radius 1 is 0.941 bits per heavy atom. The number of ether oxygens (including phenoxy) is 2. The van der Waals surface area contributed by atoms with E-state index >= 15 is 0 Å². The number of nitrogens with one attached hydrogen (secondary N) is 1. The number of aryl methyl sites for hydroxylation is 1. The predicted octanol–water partition coefficient (Wildman–Crippen LogP) is 3.49. The molecule has 1 aliphatic rings. The SMILES string of the molecule is Cc1ccc(Cn2c(=O)[nH]c3cc(-c4nc(-c5ccc6c(c5)OCO6)no4)ccc3c2=O)cc1. The molecule has 5 aromatic rings. The number of nitrogens with zero attached hydrogens (tertiary/aromatic N) is 3. The maximum Gasteiger partial charge on any atom is 0.329 e. The Hall–Kier alpha value is -4.66. The van der Waals surface area contributed by atoms with Gasteiger partial charge in [0.25, 0.3) is 11.4 Å². The van der Waals surface area contributed by atoms with Gasteiger partial charge in [0.15, 0.2) is 11.5 Å². The molecule has 34 heavy (non-hydrogen) atoms. The molecule has 6 rings (SSSR count). The molecule has 0 aliphatic carbocycles. The van der Waals surface area contributed by atoms with Crippen molar-refractivity contribution in [2.75, 3.05) is 6.79 Å². The third-order valence-electron chi connectivity index (χ3n) is 5.75. The second-order valence-corrected chi connectivity index (χ2v) is 8.06. The molecule has 2 aromatic heterocycles. The number of fused-ring (bicyclic) bond motifs is 2. The summed E-state index contributed by atoms with van der Waals surface area (Å²) in [7, 11) is 0. The molecular formula is C25H18N4O5. The second-order valence-electron chi connectivity index (χ2n) is 8.06. The number of rotatable bonds is 4. The fourth-order valence-electron chi connectivity index (χ4n) is 3.90. The average Bonchev–Trinajstić information content (AvgIpc) is 3.52. The quantitative estimate of drug-likeness (QED) is 0.442. The lowest BCUT2D eigenvalue weighted by atomic mass is 10.1. The van der Waals surface area contributed by atoms with Crippen molar-refractivity contribution in [2.24, 2.45) is 0 Å². The molecule has 9 nitrogen and oxygen atoms in total. The van der Waals surface area contributed by atoms with Gasteiger partial charge in [-0.3, -0.25) is 9.36 Å². The number of hydrogen-bond donors (Lipinski definition) is 1. The standard InChI is InChI=1S/C25H18N4O5/c1-14-2-4-15(5-3-14)12-29-24(30)18-8-6-17(10-19(18)26-25(29)31)23-27-22(28-34-23)16-7-9-20-21(11-16)33-13-32-20/h2-11H,12-13H2,1H3,(H,26,31). The van der Waals surface area contributed by atoms with Crippen LogP contribution in [0.4, 0.5) is 0 Å². The zero-order valence-electron chi connectivity index (χ0n) is 18.1. The molecule has 0 radical (unpaired) electrons. The first kappa shape index (κ1) is 20.0. The van der Waals surface area contributed by atoms with Crippen LogP contribution >= 0.6 is 0 Å². The van der Waals surface area contributed by atoms with E-state index in [1.165, 1.54) is 4.57 Å². The lowest BCUT2D eigenvalue weighted by Crippen LogP contribution is -2.35. The lowest BCUT2D eigenvalue weighted by molar-refractivity contribution is 0.174. The molecule has 1 N–H and O–H groups in total. The van der Waals surface area contributed by atoms with Gasteiger partial charge in [0, 0.05) is 11.1 Å². The summed E-state index contributed by atoms with van der Waals surface area (Å²) in [4.78, 5) is 33.0. The molecule has 0 fully saturated rings. The van der Waals surface area contributed by atoms with E-state index in [1.54, 1.807) is 30.3 Å². The Balaban J connectivity index is 1.34. The second kappa shape index (κ2) is 7.73. The smallest absolute Gasteiger partial charge is 0.329 e. The van der Waals surface area contributed by atoms with Crippen LogP contribution in [0.3, 0.4) is 0 Å². The Morgan fingerprint density at radius 3 is 2.59 bits per heavy atom. The molecule has 3 aromatic carbocycles. The predicted molar refractivity (Wildman–Crippen MR) is 124 cm³/mol. The molecule has 3 heterocycles. The Labute approximate surface area is 192 Å². The fourth-order valence-corrected chi connectivity index (χ4v) is 3.90. The van der Waals surface area contributed by atoms with Gasteiger partial charge in [-0.05, 0) is 48.9 Å². The summed E-state index contributed by atoms with van der Waals surface area (Å²) in [6.07, 6.45) is 0. The van der Waals surface area contributed by atoms with Crippen LogP contribution in [0.1, 0.15) is 11.1 Å².